The number of rotatable bonds is 2. The predicted octanol–water partition coefficient (Wildman–Crippen LogP) is 1.27. The summed E-state index contributed by atoms with van der Waals surface area (Å²) in [6.45, 7) is -1.03. The molecule has 6 heteroatoms. The van der Waals surface area contributed by atoms with Gasteiger partial charge in [0, 0.05) is 13.0 Å². The third kappa shape index (κ3) is 1.62. The van der Waals surface area contributed by atoms with Gasteiger partial charge in [-0.3, -0.25) is 4.79 Å². The van der Waals surface area contributed by atoms with Crippen LogP contribution in [0.15, 0.2) is 36.3 Å². The smallest absolute Gasteiger partial charge is 0.596 e. The van der Waals surface area contributed by atoms with Gasteiger partial charge in [-0.05, 0) is 12.0 Å². The van der Waals surface area contributed by atoms with Crippen molar-refractivity contribution >= 4 is 24.7 Å². The van der Waals surface area contributed by atoms with Crippen LogP contribution in [0, 0.1) is 0 Å². The first-order valence-electron chi connectivity index (χ1n) is 7.35. The van der Waals surface area contributed by atoms with E-state index in [0.717, 1.165) is 24.9 Å². The fraction of sp³-hybridized carbons (Fsp3) is 0.333. The van der Waals surface area contributed by atoms with Crippen molar-refractivity contribution in [3.05, 3.63) is 41.9 Å². The molecular formula is C15H16BNO4. The van der Waals surface area contributed by atoms with Gasteiger partial charge >= 0.3 is 18.6 Å². The maximum absolute atomic E-state index is 12.1. The van der Waals surface area contributed by atoms with E-state index in [1.54, 1.807) is 5.98 Å². The number of carbonyl (C=O) groups excluding carboxylic acids is 2. The number of nitrogens with zero attached hydrogens (tertiary/aromatic N) is 1. The Morgan fingerprint density at radius 1 is 1.19 bits per heavy atom. The molecule has 3 saturated heterocycles. The SMILES string of the molecule is O=C1C[N+]23CCC[C@H]2C(=O)O[B-]3(/C=C/c2ccccc2)O1. The zero-order valence-electron chi connectivity index (χ0n) is 11.6. The van der Waals surface area contributed by atoms with Gasteiger partial charge in [0.2, 0.25) is 0 Å². The normalized spacial score (nSPS) is 37.4. The molecule has 1 spiro atoms. The standard InChI is InChI=1S/C15H16BNO4/c18-14-11-17-10-4-7-13(17)15(19)21-16(17,20-14)9-8-12-5-2-1-3-6-12/h1-3,5-6,8-9,13H,4,7,10-11H2/b9-8+/t13-,16?,17?/m0/s1. The van der Waals surface area contributed by atoms with E-state index >= 15 is 0 Å². The van der Waals surface area contributed by atoms with Crippen LogP contribution < -0.4 is 0 Å². The van der Waals surface area contributed by atoms with Gasteiger partial charge in [0.05, 0.1) is 0 Å². The Bertz CT molecular complexity index is 646. The number of benzene rings is 1. The topological polar surface area (TPSA) is 52.6 Å². The molecule has 3 aliphatic heterocycles. The van der Waals surface area contributed by atoms with Crippen LogP contribution >= 0.6 is 0 Å². The summed E-state index contributed by atoms with van der Waals surface area (Å²) >= 11 is 0. The van der Waals surface area contributed by atoms with E-state index in [1.165, 1.54) is 0 Å². The lowest BCUT2D eigenvalue weighted by Crippen LogP contribution is -2.62. The second kappa shape index (κ2) is 4.21. The Hall–Kier alpha value is -2.08. The Morgan fingerprint density at radius 2 is 2.00 bits per heavy atom. The molecule has 2 unspecified atom stereocenters. The van der Waals surface area contributed by atoms with Crippen LogP contribution in [0.2, 0.25) is 0 Å². The molecule has 0 aromatic heterocycles. The maximum atomic E-state index is 12.1. The lowest BCUT2D eigenvalue weighted by atomic mass is 9.67. The van der Waals surface area contributed by atoms with Crippen molar-refractivity contribution in [3.63, 3.8) is 0 Å². The molecule has 0 bridgehead atoms. The third-order valence-electron chi connectivity index (χ3n) is 5.00. The molecule has 3 fully saturated rings. The monoisotopic (exact) mass is 285 g/mol. The van der Waals surface area contributed by atoms with Crippen molar-refractivity contribution in [2.24, 2.45) is 0 Å². The van der Waals surface area contributed by atoms with Gasteiger partial charge < -0.3 is 13.7 Å². The molecule has 1 aromatic rings. The summed E-state index contributed by atoms with van der Waals surface area (Å²) < 4.78 is 11.5. The summed E-state index contributed by atoms with van der Waals surface area (Å²) in [5.74, 6) is 1.30. The minimum absolute atomic E-state index is 0.224. The summed E-state index contributed by atoms with van der Waals surface area (Å²) in [7, 11) is 0. The van der Waals surface area contributed by atoms with Gasteiger partial charge in [0.1, 0.15) is 12.6 Å². The predicted molar refractivity (Wildman–Crippen MR) is 76.4 cm³/mol. The summed E-state index contributed by atoms with van der Waals surface area (Å²) in [4.78, 5) is 24.0. The molecule has 1 aromatic carbocycles. The van der Waals surface area contributed by atoms with Crippen LogP contribution in [0.5, 0.6) is 0 Å². The van der Waals surface area contributed by atoms with Crippen LogP contribution in [0.4, 0.5) is 0 Å². The number of quaternary nitrogens is 1. The molecular weight excluding hydrogens is 269 g/mol. The van der Waals surface area contributed by atoms with Crippen LogP contribution in [0.25, 0.3) is 6.08 Å². The van der Waals surface area contributed by atoms with E-state index in [9.17, 15) is 9.59 Å². The first-order chi connectivity index (χ1) is 10.2. The molecule has 21 heavy (non-hydrogen) atoms. The van der Waals surface area contributed by atoms with Crippen molar-refractivity contribution in [2.45, 2.75) is 18.9 Å². The molecule has 3 atom stereocenters. The van der Waals surface area contributed by atoms with Gasteiger partial charge in [0.15, 0.2) is 0 Å². The molecule has 0 amide bonds. The van der Waals surface area contributed by atoms with E-state index in [1.807, 2.05) is 36.4 Å². The van der Waals surface area contributed by atoms with Crippen molar-refractivity contribution in [2.75, 3.05) is 13.1 Å². The van der Waals surface area contributed by atoms with E-state index in [-0.39, 0.29) is 24.5 Å². The zero-order chi connectivity index (χ0) is 14.5. The second-order valence-electron chi connectivity index (χ2n) is 6.07. The van der Waals surface area contributed by atoms with Crippen LogP contribution in [0.3, 0.4) is 0 Å². The van der Waals surface area contributed by atoms with Crippen molar-refractivity contribution in [3.8, 4) is 0 Å². The second-order valence-corrected chi connectivity index (χ2v) is 6.07. The first-order valence-corrected chi connectivity index (χ1v) is 7.35. The molecule has 3 aliphatic rings. The Balaban J connectivity index is 1.76. The summed E-state index contributed by atoms with van der Waals surface area (Å²) in [6.07, 6.45) is 3.59. The van der Waals surface area contributed by atoms with Crippen molar-refractivity contribution < 1.29 is 23.3 Å². The zero-order valence-corrected chi connectivity index (χ0v) is 11.6. The van der Waals surface area contributed by atoms with Gasteiger partial charge in [-0.15, -0.1) is 0 Å². The maximum Gasteiger partial charge on any atom is 0.608 e. The molecule has 4 rings (SSSR count). The number of carbonyl (C=O) groups is 2. The first kappa shape index (κ1) is 12.6. The Kier molecular flexibility index (Phi) is 2.54. The van der Waals surface area contributed by atoms with E-state index < -0.39 is 6.69 Å². The van der Waals surface area contributed by atoms with E-state index in [4.69, 9.17) is 9.31 Å². The minimum Gasteiger partial charge on any atom is -0.596 e. The fourth-order valence-electron chi connectivity index (χ4n) is 4.06. The average molecular weight is 285 g/mol. The molecule has 0 aliphatic carbocycles. The number of hydrogen-bond acceptors (Lipinski definition) is 4. The van der Waals surface area contributed by atoms with E-state index in [2.05, 4.69) is 0 Å². The van der Waals surface area contributed by atoms with Gasteiger partial charge in [-0.2, -0.15) is 0 Å². The highest BCUT2D eigenvalue weighted by atomic mass is 16.7. The Labute approximate surface area is 122 Å². The summed E-state index contributed by atoms with van der Waals surface area (Å²) in [5, 5.41) is 0. The van der Waals surface area contributed by atoms with Gasteiger partial charge in [-0.1, -0.05) is 42.4 Å². The number of hydrogen-bond donors (Lipinski definition) is 0. The lowest BCUT2D eigenvalue weighted by molar-refractivity contribution is -0.824. The summed E-state index contributed by atoms with van der Waals surface area (Å²) in [6, 6.07) is 9.50. The van der Waals surface area contributed by atoms with Crippen LogP contribution in [-0.4, -0.2) is 42.2 Å². The highest BCUT2D eigenvalue weighted by molar-refractivity contribution is 6.71. The van der Waals surface area contributed by atoms with Crippen LogP contribution in [0.1, 0.15) is 18.4 Å². The molecule has 0 N–H and O–H groups in total. The lowest BCUT2D eigenvalue weighted by Gasteiger charge is -2.41. The highest BCUT2D eigenvalue weighted by Gasteiger charge is 2.71. The average Bonchev–Trinajstić information content (AvgIpc) is 3.06. The minimum atomic E-state index is -2.04. The van der Waals surface area contributed by atoms with Crippen LogP contribution in [-0.2, 0) is 18.9 Å². The van der Waals surface area contributed by atoms with E-state index in [0.29, 0.717) is 4.39 Å². The summed E-state index contributed by atoms with van der Waals surface area (Å²) in [5.41, 5.74) is 0.994. The Morgan fingerprint density at radius 3 is 2.81 bits per heavy atom. The van der Waals surface area contributed by atoms with Gasteiger partial charge in [-0.25, -0.2) is 4.79 Å². The third-order valence-corrected chi connectivity index (χ3v) is 5.00. The molecule has 108 valence electrons. The highest BCUT2D eigenvalue weighted by Crippen LogP contribution is 2.46. The fourth-order valence-corrected chi connectivity index (χ4v) is 4.06. The molecule has 5 nitrogen and oxygen atoms in total. The molecule has 0 radical (unpaired) electrons. The molecule has 3 heterocycles. The van der Waals surface area contributed by atoms with Gasteiger partial charge in [0.25, 0.3) is 0 Å². The van der Waals surface area contributed by atoms with Crippen molar-refractivity contribution in [1.29, 1.82) is 0 Å². The molecule has 0 saturated carbocycles. The largest absolute Gasteiger partial charge is 0.608 e. The quantitative estimate of drug-likeness (QED) is 0.768. The van der Waals surface area contributed by atoms with Crippen molar-refractivity contribution in [1.82, 2.24) is 0 Å².